The molecule has 0 spiro atoms. The molecule has 2 amide bonds. The summed E-state index contributed by atoms with van der Waals surface area (Å²) in [6.45, 7) is 2.61. The third-order valence-corrected chi connectivity index (χ3v) is 5.62. The van der Waals surface area contributed by atoms with E-state index >= 15 is 0 Å². The van der Waals surface area contributed by atoms with Crippen LogP contribution in [-0.4, -0.2) is 81.0 Å². The number of alkyl halides is 6. The van der Waals surface area contributed by atoms with Gasteiger partial charge in [0, 0.05) is 42.0 Å². The number of para-hydroxylation sites is 1. The zero-order chi connectivity index (χ0) is 33.1. The van der Waals surface area contributed by atoms with Crippen LogP contribution in [0.3, 0.4) is 0 Å². The number of pyridine rings is 1. The van der Waals surface area contributed by atoms with Gasteiger partial charge in [0.2, 0.25) is 11.8 Å². The molecule has 0 aliphatic carbocycles. The molecule has 1 saturated heterocycles. The molecule has 1 aromatic carbocycles. The fourth-order valence-electron chi connectivity index (χ4n) is 3.53. The lowest BCUT2D eigenvalue weighted by molar-refractivity contribution is -0.193. The van der Waals surface area contributed by atoms with Gasteiger partial charge in [-0.05, 0) is 31.2 Å². The van der Waals surface area contributed by atoms with Crippen molar-refractivity contribution in [2.75, 3.05) is 6.54 Å². The van der Waals surface area contributed by atoms with Gasteiger partial charge in [0.15, 0.2) is 0 Å². The number of nitrogens with zero attached hydrogens (tertiary/aromatic N) is 1. The fourth-order valence-corrected chi connectivity index (χ4v) is 3.53. The summed E-state index contributed by atoms with van der Waals surface area (Å²) in [5.74, 6) is -5.17. The molecule has 1 aliphatic rings. The number of amides is 2. The third-order valence-electron chi connectivity index (χ3n) is 5.62. The standard InChI is InChI=1S/C22H25N5O3.2C2HF3O2/c1-14(21(28)25-12-16-9-15-11-23-8-7-19(15)27-16)26-22(29)20-10-18(13-24-20)30-17-5-3-2-4-6-17;2*3-2(4,5)1(6)7/h2-9,11,14,18,20,24,27H,10,12-13H2,1H3,(H,25,28)(H,26,29);2*(H,6,7)/t14-,18-,20+;;/m0../s1. The minimum atomic E-state index is -5.08. The molecule has 3 heterocycles. The molecule has 6 N–H and O–H groups in total. The number of aromatic nitrogens is 2. The maximum Gasteiger partial charge on any atom is 0.490 e. The molecule has 1 aliphatic heterocycles. The molecule has 4 rings (SSSR count). The van der Waals surface area contributed by atoms with Crippen molar-refractivity contribution in [3.05, 3.63) is 60.6 Å². The number of halogens is 6. The van der Waals surface area contributed by atoms with Gasteiger partial charge in [-0.3, -0.25) is 14.6 Å². The highest BCUT2D eigenvalue weighted by atomic mass is 19.4. The number of nitrogens with one attached hydrogen (secondary N) is 4. The first kappa shape index (κ1) is 35.3. The van der Waals surface area contributed by atoms with Crippen molar-refractivity contribution in [2.45, 2.75) is 50.4 Å². The number of aromatic amines is 1. The SMILES string of the molecule is C[C@H](NC(=O)[C@H]1C[C@H](Oc2ccccc2)CN1)C(=O)NCc1cc2cnccc2[nH]1.O=C(O)C(F)(F)F.O=C(O)C(F)(F)F. The molecular formula is C26H27F6N5O7. The van der Waals surface area contributed by atoms with Crippen LogP contribution in [-0.2, 0) is 25.7 Å². The van der Waals surface area contributed by atoms with Gasteiger partial charge in [0.05, 0.1) is 12.6 Å². The van der Waals surface area contributed by atoms with Crippen molar-refractivity contribution in [3.8, 4) is 5.75 Å². The molecule has 0 unspecified atom stereocenters. The van der Waals surface area contributed by atoms with Crippen molar-refractivity contribution in [1.82, 2.24) is 25.9 Å². The number of benzene rings is 1. The molecule has 0 saturated carbocycles. The van der Waals surface area contributed by atoms with Crippen molar-refractivity contribution in [1.29, 1.82) is 0 Å². The number of rotatable bonds is 7. The average Bonchev–Trinajstić information content (AvgIpc) is 3.59. The summed E-state index contributed by atoms with van der Waals surface area (Å²) >= 11 is 0. The third kappa shape index (κ3) is 11.8. The minimum Gasteiger partial charge on any atom is -0.489 e. The van der Waals surface area contributed by atoms with Crippen LogP contribution in [0.2, 0.25) is 0 Å². The summed E-state index contributed by atoms with van der Waals surface area (Å²) in [5, 5.41) is 24.0. The van der Waals surface area contributed by atoms with E-state index in [1.807, 2.05) is 42.5 Å². The Morgan fingerprint density at radius 3 is 2.16 bits per heavy atom. The second kappa shape index (κ2) is 15.6. The molecule has 12 nitrogen and oxygen atoms in total. The number of hydrogen-bond acceptors (Lipinski definition) is 7. The average molecular weight is 636 g/mol. The van der Waals surface area contributed by atoms with E-state index in [1.54, 1.807) is 19.3 Å². The minimum absolute atomic E-state index is 0.0798. The number of fused-ring (bicyclic) bond motifs is 1. The fraction of sp³-hybridized carbons (Fsp3) is 0.346. The van der Waals surface area contributed by atoms with Crippen LogP contribution in [0.15, 0.2) is 54.9 Å². The molecule has 3 aromatic rings. The molecule has 44 heavy (non-hydrogen) atoms. The second-order valence-corrected chi connectivity index (χ2v) is 9.06. The van der Waals surface area contributed by atoms with Crippen LogP contribution in [0.4, 0.5) is 26.3 Å². The van der Waals surface area contributed by atoms with Crippen LogP contribution < -0.4 is 20.7 Å². The Labute approximate surface area is 244 Å². The number of hydrogen-bond donors (Lipinski definition) is 6. The molecule has 0 bridgehead atoms. The smallest absolute Gasteiger partial charge is 0.489 e. The Bertz CT molecular complexity index is 1360. The van der Waals surface area contributed by atoms with E-state index in [0.717, 1.165) is 22.3 Å². The second-order valence-electron chi connectivity index (χ2n) is 9.06. The molecule has 240 valence electrons. The number of H-pyrrole nitrogens is 1. The molecule has 3 atom stereocenters. The van der Waals surface area contributed by atoms with Crippen LogP contribution in [0.25, 0.3) is 10.9 Å². The van der Waals surface area contributed by atoms with Gasteiger partial charge in [0.1, 0.15) is 17.9 Å². The first-order valence-electron chi connectivity index (χ1n) is 12.5. The van der Waals surface area contributed by atoms with E-state index in [0.29, 0.717) is 19.5 Å². The van der Waals surface area contributed by atoms with Gasteiger partial charge in [-0.1, -0.05) is 18.2 Å². The largest absolute Gasteiger partial charge is 0.490 e. The highest BCUT2D eigenvalue weighted by Crippen LogP contribution is 2.17. The van der Waals surface area contributed by atoms with Crippen molar-refractivity contribution < 1.29 is 60.5 Å². The Hall–Kier alpha value is -4.87. The Morgan fingerprint density at radius 2 is 1.61 bits per heavy atom. The van der Waals surface area contributed by atoms with Gasteiger partial charge in [-0.15, -0.1) is 0 Å². The van der Waals surface area contributed by atoms with Gasteiger partial charge < -0.3 is 35.9 Å². The molecule has 1 fully saturated rings. The maximum absolute atomic E-state index is 12.5. The van der Waals surface area contributed by atoms with E-state index in [4.69, 9.17) is 24.5 Å². The van der Waals surface area contributed by atoms with E-state index in [1.165, 1.54) is 0 Å². The number of aliphatic carboxylic acids is 2. The summed E-state index contributed by atoms with van der Waals surface area (Å²) in [4.78, 5) is 50.0. The van der Waals surface area contributed by atoms with Gasteiger partial charge in [0.25, 0.3) is 0 Å². The van der Waals surface area contributed by atoms with Crippen molar-refractivity contribution >= 4 is 34.7 Å². The number of carboxylic acid groups (broad SMARTS) is 2. The van der Waals surface area contributed by atoms with Gasteiger partial charge in [-0.2, -0.15) is 26.3 Å². The molecule has 18 heteroatoms. The van der Waals surface area contributed by atoms with Crippen molar-refractivity contribution in [2.24, 2.45) is 0 Å². The van der Waals surface area contributed by atoms with Crippen LogP contribution in [0.5, 0.6) is 5.75 Å². The van der Waals surface area contributed by atoms with Crippen LogP contribution >= 0.6 is 0 Å². The van der Waals surface area contributed by atoms with Crippen LogP contribution in [0, 0.1) is 0 Å². The van der Waals surface area contributed by atoms with Gasteiger partial charge >= 0.3 is 24.3 Å². The Kier molecular flexibility index (Phi) is 12.5. The zero-order valence-electron chi connectivity index (χ0n) is 22.7. The monoisotopic (exact) mass is 635 g/mol. The summed E-state index contributed by atoms with van der Waals surface area (Å²) in [7, 11) is 0. The van der Waals surface area contributed by atoms with E-state index in [-0.39, 0.29) is 24.0 Å². The van der Waals surface area contributed by atoms with E-state index in [9.17, 15) is 35.9 Å². The highest BCUT2D eigenvalue weighted by Gasteiger charge is 2.39. The number of carbonyl (C=O) groups excluding carboxylic acids is 2. The number of carboxylic acids is 2. The molecule has 2 aromatic heterocycles. The lowest BCUT2D eigenvalue weighted by Crippen LogP contribution is -2.49. The highest BCUT2D eigenvalue weighted by molar-refractivity contribution is 5.89. The quantitative estimate of drug-likeness (QED) is 0.213. The lowest BCUT2D eigenvalue weighted by atomic mass is 10.1. The lowest BCUT2D eigenvalue weighted by Gasteiger charge is -2.17. The summed E-state index contributed by atoms with van der Waals surface area (Å²) in [6, 6.07) is 12.3. The normalized spacial score (nSPS) is 16.8. The van der Waals surface area contributed by atoms with E-state index in [2.05, 4.69) is 25.9 Å². The first-order chi connectivity index (χ1) is 20.5. The summed E-state index contributed by atoms with van der Waals surface area (Å²) in [6.07, 6.45) is -6.21. The first-order valence-corrected chi connectivity index (χ1v) is 12.5. The van der Waals surface area contributed by atoms with Crippen LogP contribution in [0.1, 0.15) is 19.0 Å². The van der Waals surface area contributed by atoms with Crippen molar-refractivity contribution in [3.63, 3.8) is 0 Å². The predicted octanol–water partition coefficient (Wildman–Crippen LogP) is 2.76. The summed E-state index contributed by atoms with van der Waals surface area (Å²) < 4.78 is 69.4. The predicted molar refractivity (Wildman–Crippen MR) is 140 cm³/mol. The molecule has 0 radical (unpaired) electrons. The maximum atomic E-state index is 12.5. The topological polar surface area (TPSA) is 183 Å². The van der Waals surface area contributed by atoms with Gasteiger partial charge in [-0.25, -0.2) is 9.59 Å². The van der Waals surface area contributed by atoms with E-state index < -0.39 is 30.3 Å². The number of carbonyl (C=O) groups is 4. The Morgan fingerprint density at radius 1 is 1.02 bits per heavy atom. The molecular weight excluding hydrogens is 608 g/mol. The number of ether oxygens (including phenoxy) is 1. The summed E-state index contributed by atoms with van der Waals surface area (Å²) in [5.41, 5.74) is 1.85. The zero-order valence-corrected chi connectivity index (χ0v) is 22.7. The Balaban J connectivity index is 0.000000402.